The second kappa shape index (κ2) is 14.9. The van der Waals surface area contributed by atoms with E-state index in [1.54, 1.807) is 12.5 Å². The van der Waals surface area contributed by atoms with Crippen molar-refractivity contribution in [1.29, 1.82) is 0 Å². The predicted octanol–water partition coefficient (Wildman–Crippen LogP) is 7.17. The number of hydrogen-bond acceptors (Lipinski definition) is 2. The fourth-order valence-electron chi connectivity index (χ4n) is 2.78. The van der Waals surface area contributed by atoms with E-state index in [-0.39, 0.29) is 0 Å². The summed E-state index contributed by atoms with van der Waals surface area (Å²) in [5, 5.41) is 0. The maximum atomic E-state index is 5.15. The lowest BCUT2D eigenvalue weighted by molar-refractivity contribution is 0.539. The van der Waals surface area contributed by atoms with E-state index in [0.29, 0.717) is 0 Å². The highest BCUT2D eigenvalue weighted by atomic mass is 16.3. The van der Waals surface area contributed by atoms with E-state index < -0.39 is 0 Å². The summed E-state index contributed by atoms with van der Waals surface area (Å²) in [5.41, 5.74) is 0. The van der Waals surface area contributed by atoms with Gasteiger partial charge in [0, 0.05) is 0 Å². The maximum absolute atomic E-state index is 5.15. The zero-order valence-corrected chi connectivity index (χ0v) is 14.6. The molecule has 0 amide bonds. The molecule has 0 fully saturated rings. The van der Waals surface area contributed by atoms with Crippen LogP contribution in [0, 0.1) is 0 Å². The summed E-state index contributed by atoms with van der Waals surface area (Å²) < 4.78 is 5.15. The minimum Gasteiger partial charge on any atom is -0.445 e. The third kappa shape index (κ3) is 11.6. The topological polar surface area (TPSA) is 26.0 Å². The molecule has 126 valence electrons. The summed E-state index contributed by atoms with van der Waals surface area (Å²) in [6, 6.07) is 0. The molecular weight excluding hydrogens is 270 g/mol. The summed E-state index contributed by atoms with van der Waals surface area (Å²) in [4.78, 5) is 4.07. The Balaban J connectivity index is 1.73. The van der Waals surface area contributed by atoms with Crippen LogP contribution in [0.4, 0.5) is 0 Å². The number of rotatable bonds is 15. The summed E-state index contributed by atoms with van der Waals surface area (Å²) >= 11 is 0. The first-order valence-electron chi connectivity index (χ1n) is 9.49. The van der Waals surface area contributed by atoms with E-state index >= 15 is 0 Å². The number of nitrogens with zero attached hydrogens (tertiary/aromatic N) is 1. The smallest absolute Gasteiger partial charge is 0.218 e. The molecule has 2 nitrogen and oxygen atoms in total. The molecule has 1 aromatic heterocycles. The lowest BCUT2D eigenvalue weighted by Gasteiger charge is -2.02. The molecular formula is C20H35NO. The minimum atomic E-state index is 0.717. The summed E-state index contributed by atoms with van der Waals surface area (Å²) in [5.74, 6) is 0.717. The van der Waals surface area contributed by atoms with Gasteiger partial charge in [0.05, 0.1) is 6.20 Å². The van der Waals surface area contributed by atoms with Crippen molar-refractivity contribution in [1.82, 2.24) is 4.98 Å². The van der Waals surface area contributed by atoms with Crippen molar-refractivity contribution >= 4 is 6.08 Å². The highest BCUT2D eigenvalue weighted by Crippen LogP contribution is 2.13. The Morgan fingerprint density at radius 3 is 1.86 bits per heavy atom. The molecule has 0 unspecified atom stereocenters. The summed E-state index contributed by atoms with van der Waals surface area (Å²) in [6.45, 7) is 2.28. The van der Waals surface area contributed by atoms with Crippen molar-refractivity contribution in [2.24, 2.45) is 0 Å². The van der Waals surface area contributed by atoms with Crippen molar-refractivity contribution in [3.63, 3.8) is 0 Å². The van der Waals surface area contributed by atoms with E-state index in [9.17, 15) is 0 Å². The van der Waals surface area contributed by atoms with Crippen LogP contribution < -0.4 is 0 Å². The quantitative estimate of drug-likeness (QED) is 0.321. The van der Waals surface area contributed by atoms with Gasteiger partial charge in [0.2, 0.25) is 5.89 Å². The van der Waals surface area contributed by atoms with Crippen LogP contribution in [-0.4, -0.2) is 4.98 Å². The standard InChI is InChI=1S/C20H35NO/c1-2-3-4-5-6-7-8-9-10-11-12-13-14-15-16-17-20-21-18-19-22-20/h16-19H,2-15H2,1H3. The molecule has 0 bridgehead atoms. The van der Waals surface area contributed by atoms with Crippen molar-refractivity contribution in [3.8, 4) is 0 Å². The van der Waals surface area contributed by atoms with Crippen LogP contribution >= 0.6 is 0 Å². The lowest BCUT2D eigenvalue weighted by atomic mass is 10.0. The first kappa shape index (κ1) is 19.0. The molecule has 0 aliphatic carbocycles. The molecule has 0 aromatic carbocycles. The van der Waals surface area contributed by atoms with Crippen LogP contribution in [0.25, 0.3) is 6.08 Å². The molecule has 1 rings (SSSR count). The Morgan fingerprint density at radius 2 is 1.36 bits per heavy atom. The van der Waals surface area contributed by atoms with Gasteiger partial charge in [0.25, 0.3) is 0 Å². The second-order valence-electron chi connectivity index (χ2n) is 6.30. The van der Waals surface area contributed by atoms with Gasteiger partial charge in [-0.2, -0.15) is 0 Å². The summed E-state index contributed by atoms with van der Waals surface area (Å²) in [6.07, 6.45) is 26.9. The van der Waals surface area contributed by atoms with Crippen molar-refractivity contribution in [2.75, 3.05) is 0 Å². The average molecular weight is 306 g/mol. The Morgan fingerprint density at radius 1 is 0.818 bits per heavy atom. The Bertz CT molecular complexity index is 343. The van der Waals surface area contributed by atoms with Gasteiger partial charge in [-0.1, -0.05) is 90.0 Å². The molecule has 22 heavy (non-hydrogen) atoms. The Labute approximate surface area is 137 Å². The maximum Gasteiger partial charge on any atom is 0.218 e. The highest BCUT2D eigenvalue weighted by molar-refractivity contribution is 5.36. The van der Waals surface area contributed by atoms with E-state index in [1.807, 2.05) is 6.08 Å². The summed E-state index contributed by atoms with van der Waals surface area (Å²) in [7, 11) is 0. The number of hydrogen-bond donors (Lipinski definition) is 0. The number of aromatic nitrogens is 1. The van der Waals surface area contributed by atoms with E-state index in [4.69, 9.17) is 4.42 Å². The van der Waals surface area contributed by atoms with Gasteiger partial charge in [-0.25, -0.2) is 4.98 Å². The highest BCUT2D eigenvalue weighted by Gasteiger charge is 1.93. The van der Waals surface area contributed by atoms with Crippen molar-refractivity contribution in [2.45, 2.75) is 96.8 Å². The van der Waals surface area contributed by atoms with Gasteiger partial charge in [0.1, 0.15) is 6.26 Å². The molecule has 1 heterocycles. The average Bonchev–Trinajstić information content (AvgIpc) is 3.04. The van der Waals surface area contributed by atoms with Crippen LogP contribution in [-0.2, 0) is 0 Å². The third-order valence-electron chi connectivity index (χ3n) is 4.19. The van der Waals surface area contributed by atoms with Crippen molar-refractivity contribution < 1.29 is 4.42 Å². The monoisotopic (exact) mass is 305 g/mol. The van der Waals surface area contributed by atoms with Gasteiger partial charge in [0.15, 0.2) is 0 Å². The number of unbranched alkanes of at least 4 members (excludes halogenated alkanes) is 13. The molecule has 0 N–H and O–H groups in total. The SMILES string of the molecule is CCCCCCCCCCCCCCCC=Cc1ncco1. The van der Waals surface area contributed by atoms with Crippen LogP contribution in [0.1, 0.15) is 103 Å². The largest absolute Gasteiger partial charge is 0.445 e. The zero-order valence-electron chi connectivity index (χ0n) is 14.6. The van der Waals surface area contributed by atoms with Gasteiger partial charge in [-0.05, 0) is 18.9 Å². The fraction of sp³-hybridized carbons (Fsp3) is 0.750. The van der Waals surface area contributed by atoms with Gasteiger partial charge < -0.3 is 4.42 Å². The molecule has 0 saturated heterocycles. The molecule has 0 atom stereocenters. The predicted molar refractivity (Wildman–Crippen MR) is 95.8 cm³/mol. The minimum absolute atomic E-state index is 0.717. The molecule has 2 heteroatoms. The van der Waals surface area contributed by atoms with Gasteiger partial charge in [-0.15, -0.1) is 0 Å². The molecule has 0 saturated carbocycles. The number of allylic oxidation sites excluding steroid dienone is 1. The van der Waals surface area contributed by atoms with Crippen LogP contribution in [0.15, 0.2) is 23.0 Å². The van der Waals surface area contributed by atoms with E-state index in [0.717, 1.165) is 12.3 Å². The zero-order chi connectivity index (χ0) is 15.7. The van der Waals surface area contributed by atoms with E-state index in [2.05, 4.69) is 18.0 Å². The molecule has 0 spiro atoms. The van der Waals surface area contributed by atoms with Crippen LogP contribution in [0.3, 0.4) is 0 Å². The molecule has 0 aliphatic rings. The Hall–Kier alpha value is -1.05. The van der Waals surface area contributed by atoms with E-state index in [1.165, 1.54) is 83.5 Å². The van der Waals surface area contributed by atoms with Gasteiger partial charge >= 0.3 is 0 Å². The van der Waals surface area contributed by atoms with Crippen LogP contribution in [0.5, 0.6) is 0 Å². The Kier molecular flexibility index (Phi) is 12.8. The normalized spacial score (nSPS) is 11.5. The second-order valence-corrected chi connectivity index (χ2v) is 6.30. The molecule has 0 aliphatic heterocycles. The molecule has 1 aromatic rings. The third-order valence-corrected chi connectivity index (χ3v) is 4.19. The first-order chi connectivity index (χ1) is 10.9. The lowest BCUT2D eigenvalue weighted by Crippen LogP contribution is -1.82. The number of oxazole rings is 1. The van der Waals surface area contributed by atoms with Crippen molar-refractivity contribution in [3.05, 3.63) is 24.4 Å². The fourth-order valence-corrected chi connectivity index (χ4v) is 2.78. The van der Waals surface area contributed by atoms with Crippen LogP contribution in [0.2, 0.25) is 0 Å². The first-order valence-corrected chi connectivity index (χ1v) is 9.49. The van der Waals surface area contributed by atoms with Gasteiger partial charge in [-0.3, -0.25) is 0 Å². The molecule has 0 radical (unpaired) electrons.